The minimum Gasteiger partial charge on any atom is -0.497 e. The monoisotopic (exact) mass is 257 g/mol. The van der Waals surface area contributed by atoms with E-state index in [4.69, 9.17) is 4.74 Å². The number of ether oxygens (including phenoxy) is 1. The summed E-state index contributed by atoms with van der Waals surface area (Å²) in [6.45, 7) is 0. The first kappa shape index (κ1) is 12.3. The maximum atomic E-state index is 11.9. The SMILES string of the molecule is COc1ccc2[nH]cc(CC3CCCCC3=O)c2c1. The fourth-order valence-electron chi connectivity index (χ4n) is 2.99. The average Bonchev–Trinajstić information content (AvgIpc) is 2.84. The Morgan fingerprint density at radius 2 is 2.26 bits per heavy atom. The van der Waals surface area contributed by atoms with Crippen LogP contribution in [0.3, 0.4) is 0 Å². The summed E-state index contributed by atoms with van der Waals surface area (Å²) in [4.78, 5) is 15.2. The molecule has 3 nitrogen and oxygen atoms in total. The van der Waals surface area contributed by atoms with E-state index in [0.717, 1.165) is 36.9 Å². The van der Waals surface area contributed by atoms with E-state index in [-0.39, 0.29) is 5.92 Å². The van der Waals surface area contributed by atoms with Crippen molar-refractivity contribution in [3.8, 4) is 5.75 Å². The van der Waals surface area contributed by atoms with Gasteiger partial charge < -0.3 is 9.72 Å². The summed E-state index contributed by atoms with van der Waals surface area (Å²) in [5.74, 6) is 1.51. The second-order valence-corrected chi connectivity index (χ2v) is 5.34. The Bertz CT molecular complexity index is 600. The lowest BCUT2D eigenvalue weighted by molar-refractivity contribution is -0.124. The van der Waals surface area contributed by atoms with Crippen molar-refractivity contribution in [1.29, 1.82) is 0 Å². The minimum atomic E-state index is 0.207. The second-order valence-electron chi connectivity index (χ2n) is 5.34. The van der Waals surface area contributed by atoms with Crippen molar-refractivity contribution in [3.05, 3.63) is 30.0 Å². The Hall–Kier alpha value is -1.77. The fraction of sp³-hybridized carbons (Fsp3) is 0.438. The van der Waals surface area contributed by atoms with Crippen LogP contribution >= 0.6 is 0 Å². The Morgan fingerprint density at radius 3 is 3.05 bits per heavy atom. The zero-order valence-electron chi connectivity index (χ0n) is 11.2. The molecule has 1 saturated carbocycles. The summed E-state index contributed by atoms with van der Waals surface area (Å²) < 4.78 is 5.28. The van der Waals surface area contributed by atoms with Crippen LogP contribution in [0.4, 0.5) is 0 Å². The van der Waals surface area contributed by atoms with E-state index in [0.29, 0.717) is 5.78 Å². The zero-order chi connectivity index (χ0) is 13.2. The number of Topliss-reactive ketones (excluding diaryl/α,β-unsaturated/α-hetero) is 1. The maximum absolute atomic E-state index is 11.9. The molecule has 0 spiro atoms. The van der Waals surface area contributed by atoms with Crippen molar-refractivity contribution in [3.63, 3.8) is 0 Å². The summed E-state index contributed by atoms with van der Waals surface area (Å²) >= 11 is 0. The van der Waals surface area contributed by atoms with Gasteiger partial charge in [0.1, 0.15) is 11.5 Å². The molecule has 3 rings (SSSR count). The lowest BCUT2D eigenvalue weighted by atomic mass is 9.84. The number of rotatable bonds is 3. The zero-order valence-corrected chi connectivity index (χ0v) is 11.2. The first-order valence-electron chi connectivity index (χ1n) is 6.94. The number of H-pyrrole nitrogens is 1. The molecule has 1 heterocycles. The van der Waals surface area contributed by atoms with Crippen molar-refractivity contribution >= 4 is 16.7 Å². The molecule has 2 aromatic rings. The van der Waals surface area contributed by atoms with Gasteiger partial charge >= 0.3 is 0 Å². The van der Waals surface area contributed by atoms with E-state index >= 15 is 0 Å². The molecule has 19 heavy (non-hydrogen) atoms. The number of aromatic amines is 1. The number of carbonyl (C=O) groups excluding carboxylic acids is 1. The number of hydrogen-bond acceptors (Lipinski definition) is 2. The summed E-state index contributed by atoms with van der Waals surface area (Å²) in [7, 11) is 1.68. The molecule has 0 saturated heterocycles. The predicted molar refractivity (Wildman–Crippen MR) is 75.5 cm³/mol. The van der Waals surface area contributed by atoms with Gasteiger partial charge in [0, 0.05) is 29.4 Å². The average molecular weight is 257 g/mol. The highest BCUT2D eigenvalue weighted by Gasteiger charge is 2.23. The van der Waals surface area contributed by atoms with Crippen LogP contribution in [0, 0.1) is 5.92 Å². The van der Waals surface area contributed by atoms with Crippen LogP contribution < -0.4 is 4.74 Å². The number of methoxy groups -OCH3 is 1. The third-order valence-corrected chi connectivity index (χ3v) is 4.12. The third kappa shape index (κ3) is 2.37. The largest absolute Gasteiger partial charge is 0.497 e. The normalized spacial score (nSPS) is 19.8. The van der Waals surface area contributed by atoms with E-state index in [2.05, 4.69) is 11.1 Å². The van der Waals surface area contributed by atoms with Gasteiger partial charge in [-0.3, -0.25) is 4.79 Å². The van der Waals surface area contributed by atoms with Crippen molar-refractivity contribution < 1.29 is 9.53 Å². The van der Waals surface area contributed by atoms with Crippen LogP contribution in [-0.2, 0) is 11.2 Å². The van der Waals surface area contributed by atoms with Crippen LogP contribution in [0.15, 0.2) is 24.4 Å². The van der Waals surface area contributed by atoms with Crippen molar-refractivity contribution in [1.82, 2.24) is 4.98 Å². The molecule has 0 bridgehead atoms. The molecule has 0 radical (unpaired) electrons. The van der Waals surface area contributed by atoms with Gasteiger partial charge in [-0.2, -0.15) is 0 Å². The molecule has 0 aliphatic heterocycles. The van der Waals surface area contributed by atoms with E-state index < -0.39 is 0 Å². The summed E-state index contributed by atoms with van der Waals surface area (Å²) in [5.41, 5.74) is 2.34. The van der Waals surface area contributed by atoms with Gasteiger partial charge in [0.2, 0.25) is 0 Å². The summed E-state index contributed by atoms with van der Waals surface area (Å²) in [6, 6.07) is 6.03. The molecule has 1 aliphatic rings. The molecule has 1 aromatic heterocycles. The molecular formula is C16H19NO2. The van der Waals surface area contributed by atoms with Crippen LogP contribution in [0.25, 0.3) is 10.9 Å². The second kappa shape index (κ2) is 5.08. The lowest BCUT2D eigenvalue weighted by Gasteiger charge is -2.19. The highest BCUT2D eigenvalue weighted by atomic mass is 16.5. The van der Waals surface area contributed by atoms with Gasteiger partial charge in [-0.1, -0.05) is 6.42 Å². The number of carbonyl (C=O) groups is 1. The molecule has 0 amide bonds. The Kier molecular flexibility index (Phi) is 3.28. The lowest BCUT2D eigenvalue weighted by Crippen LogP contribution is -2.20. The molecular weight excluding hydrogens is 238 g/mol. The number of aromatic nitrogens is 1. The Balaban J connectivity index is 1.89. The molecule has 1 atom stereocenters. The molecule has 1 N–H and O–H groups in total. The first-order valence-corrected chi connectivity index (χ1v) is 6.94. The number of fused-ring (bicyclic) bond motifs is 1. The molecule has 1 fully saturated rings. The van der Waals surface area contributed by atoms with E-state index in [1.165, 1.54) is 17.4 Å². The number of ketones is 1. The topological polar surface area (TPSA) is 42.1 Å². The summed E-state index contributed by atoms with van der Waals surface area (Å²) in [6.07, 6.45) is 6.93. The van der Waals surface area contributed by atoms with Crippen LogP contribution in [0.2, 0.25) is 0 Å². The highest BCUT2D eigenvalue weighted by molar-refractivity contribution is 5.86. The highest BCUT2D eigenvalue weighted by Crippen LogP contribution is 2.29. The van der Waals surface area contributed by atoms with Gasteiger partial charge in [-0.25, -0.2) is 0 Å². The Labute approximate surface area is 113 Å². The van der Waals surface area contributed by atoms with Crippen molar-refractivity contribution in [2.24, 2.45) is 5.92 Å². The van der Waals surface area contributed by atoms with Crippen LogP contribution in [-0.4, -0.2) is 17.9 Å². The predicted octanol–water partition coefficient (Wildman–Crippen LogP) is 3.48. The number of benzene rings is 1. The van der Waals surface area contributed by atoms with Gasteiger partial charge in [0.15, 0.2) is 0 Å². The fourth-order valence-corrected chi connectivity index (χ4v) is 2.99. The quantitative estimate of drug-likeness (QED) is 0.914. The molecule has 1 aromatic carbocycles. The van der Waals surface area contributed by atoms with Gasteiger partial charge in [0.25, 0.3) is 0 Å². The van der Waals surface area contributed by atoms with Gasteiger partial charge in [0.05, 0.1) is 7.11 Å². The van der Waals surface area contributed by atoms with Crippen molar-refractivity contribution in [2.75, 3.05) is 7.11 Å². The smallest absolute Gasteiger partial charge is 0.136 e. The van der Waals surface area contributed by atoms with Gasteiger partial charge in [-0.15, -0.1) is 0 Å². The minimum absolute atomic E-state index is 0.207. The molecule has 100 valence electrons. The Morgan fingerprint density at radius 1 is 1.37 bits per heavy atom. The first-order chi connectivity index (χ1) is 9.28. The van der Waals surface area contributed by atoms with E-state index in [1.54, 1.807) is 7.11 Å². The van der Waals surface area contributed by atoms with Gasteiger partial charge in [-0.05, 0) is 43.0 Å². The standard InChI is InChI=1S/C16H19NO2/c1-19-13-6-7-15-14(9-13)12(10-17-15)8-11-4-2-3-5-16(11)18/h6-7,9-11,17H,2-5,8H2,1H3. The maximum Gasteiger partial charge on any atom is 0.136 e. The van der Waals surface area contributed by atoms with Crippen molar-refractivity contribution in [2.45, 2.75) is 32.1 Å². The van der Waals surface area contributed by atoms with E-state index in [1.807, 2.05) is 18.3 Å². The van der Waals surface area contributed by atoms with Crippen LogP contribution in [0.5, 0.6) is 5.75 Å². The van der Waals surface area contributed by atoms with E-state index in [9.17, 15) is 4.79 Å². The number of nitrogens with one attached hydrogen (secondary N) is 1. The number of hydrogen-bond donors (Lipinski definition) is 1. The molecule has 3 heteroatoms. The van der Waals surface area contributed by atoms with Crippen LogP contribution in [0.1, 0.15) is 31.2 Å². The summed E-state index contributed by atoms with van der Waals surface area (Å²) in [5, 5.41) is 1.18. The molecule has 1 unspecified atom stereocenters. The molecule has 1 aliphatic carbocycles. The third-order valence-electron chi connectivity index (χ3n) is 4.12.